The van der Waals surface area contributed by atoms with E-state index in [0.717, 1.165) is 41.5 Å². The summed E-state index contributed by atoms with van der Waals surface area (Å²) in [5.74, 6) is -1.36. The third-order valence-electron chi connectivity index (χ3n) is 9.42. The predicted octanol–water partition coefficient (Wildman–Crippen LogP) is 9.66. The summed E-state index contributed by atoms with van der Waals surface area (Å²) in [5.41, 5.74) is 4.69. The molecule has 0 saturated heterocycles. The molecule has 1 unspecified atom stereocenters. The Kier molecular flexibility index (Phi) is 16.2. The number of rotatable bonds is 23. The maximum Gasteiger partial charge on any atom is 0.419 e. The number of nitrogens with zero attached hydrogens (tertiary/aromatic N) is 2. The van der Waals surface area contributed by atoms with Gasteiger partial charge in [-0.2, -0.15) is 0 Å². The molecule has 49 heavy (non-hydrogen) atoms. The monoisotopic (exact) mass is 673 g/mol. The Labute approximate surface area is 291 Å². The zero-order chi connectivity index (χ0) is 34.7. The number of hydrogen-bond acceptors (Lipinski definition) is 6. The molecule has 1 aliphatic rings. The lowest BCUT2D eigenvalue weighted by molar-refractivity contribution is -0.139. The van der Waals surface area contributed by atoms with Gasteiger partial charge in [0, 0.05) is 18.5 Å². The number of amides is 1. The van der Waals surface area contributed by atoms with Gasteiger partial charge in [-0.05, 0) is 28.7 Å². The summed E-state index contributed by atoms with van der Waals surface area (Å²) in [5, 5.41) is 12.2. The minimum atomic E-state index is -1.28. The largest absolute Gasteiger partial charge is 0.480 e. The van der Waals surface area contributed by atoms with E-state index in [0.29, 0.717) is 12.3 Å². The van der Waals surface area contributed by atoms with Crippen LogP contribution >= 0.6 is 0 Å². The summed E-state index contributed by atoms with van der Waals surface area (Å²) >= 11 is 0. The molecular weight excluding hydrogens is 618 g/mol. The molecule has 0 spiro atoms. The number of carboxylic acid groups (broad SMARTS) is 1. The van der Waals surface area contributed by atoms with Crippen LogP contribution in [0, 0.1) is 0 Å². The van der Waals surface area contributed by atoms with Crippen LogP contribution in [0.4, 0.5) is 9.59 Å². The van der Waals surface area contributed by atoms with Crippen molar-refractivity contribution in [3.05, 3.63) is 77.9 Å². The van der Waals surface area contributed by atoms with Crippen LogP contribution in [-0.2, 0) is 20.7 Å². The van der Waals surface area contributed by atoms with E-state index in [9.17, 15) is 19.5 Å². The van der Waals surface area contributed by atoms with Crippen LogP contribution in [0.15, 0.2) is 61.1 Å². The number of aromatic nitrogens is 2. The van der Waals surface area contributed by atoms with Crippen LogP contribution in [0.25, 0.3) is 11.1 Å². The Morgan fingerprint density at radius 3 is 1.80 bits per heavy atom. The number of unbranched alkanes of at least 4 members (excludes halogenated alkanes) is 15. The SMILES string of the molecule is CCCCCCCCCCCCCCCCCCOC(=O)n1cnc(CC(NC(=O)OCC2c3ccccc3-c3ccccc32)C(=O)O)c1. The molecule has 1 aliphatic carbocycles. The highest BCUT2D eigenvalue weighted by Gasteiger charge is 2.30. The first-order chi connectivity index (χ1) is 24.0. The second-order valence-corrected chi connectivity index (χ2v) is 13.3. The van der Waals surface area contributed by atoms with Crippen molar-refractivity contribution in [3.8, 4) is 11.1 Å². The van der Waals surface area contributed by atoms with Crippen molar-refractivity contribution in [2.24, 2.45) is 0 Å². The highest BCUT2D eigenvalue weighted by Crippen LogP contribution is 2.44. The molecule has 0 saturated carbocycles. The quantitative estimate of drug-likeness (QED) is 0.0962. The van der Waals surface area contributed by atoms with Gasteiger partial charge in [-0.15, -0.1) is 0 Å². The van der Waals surface area contributed by atoms with Crippen LogP contribution < -0.4 is 5.32 Å². The number of carboxylic acids is 1. The number of carbonyl (C=O) groups excluding carboxylic acids is 2. The number of benzene rings is 2. The first-order valence-electron chi connectivity index (χ1n) is 18.5. The van der Waals surface area contributed by atoms with Crippen LogP contribution in [0.2, 0.25) is 0 Å². The van der Waals surface area contributed by atoms with Gasteiger partial charge in [-0.3, -0.25) is 0 Å². The summed E-state index contributed by atoms with van der Waals surface area (Å²) in [6, 6.07) is 14.7. The van der Waals surface area contributed by atoms with Gasteiger partial charge >= 0.3 is 18.2 Å². The number of alkyl carbamates (subject to hydrolysis) is 1. The van der Waals surface area contributed by atoms with Crippen molar-refractivity contribution < 1.29 is 29.0 Å². The van der Waals surface area contributed by atoms with Gasteiger partial charge in [-0.25, -0.2) is 23.9 Å². The molecule has 0 fully saturated rings. The average molecular weight is 674 g/mol. The molecule has 0 aliphatic heterocycles. The van der Waals surface area contributed by atoms with Gasteiger partial charge in [-0.1, -0.05) is 152 Å². The van der Waals surface area contributed by atoms with E-state index in [4.69, 9.17) is 9.47 Å². The molecule has 1 aromatic heterocycles. The molecule has 1 amide bonds. The van der Waals surface area contributed by atoms with Gasteiger partial charge < -0.3 is 19.9 Å². The van der Waals surface area contributed by atoms with Crippen LogP contribution in [0.1, 0.15) is 132 Å². The molecule has 9 heteroatoms. The molecule has 4 rings (SSSR count). The molecule has 2 N–H and O–H groups in total. The zero-order valence-electron chi connectivity index (χ0n) is 29.2. The first kappa shape index (κ1) is 37.7. The Balaban J connectivity index is 1.06. The number of hydrogen-bond donors (Lipinski definition) is 2. The van der Waals surface area contributed by atoms with Crippen molar-refractivity contribution in [1.29, 1.82) is 0 Å². The number of aliphatic carboxylic acids is 1. The lowest BCUT2D eigenvalue weighted by Gasteiger charge is -2.17. The summed E-state index contributed by atoms with van der Waals surface area (Å²) in [7, 11) is 0. The van der Waals surface area contributed by atoms with Gasteiger partial charge in [0.2, 0.25) is 0 Å². The second-order valence-electron chi connectivity index (χ2n) is 13.3. The predicted molar refractivity (Wildman–Crippen MR) is 192 cm³/mol. The number of ether oxygens (including phenoxy) is 2. The van der Waals surface area contributed by atoms with E-state index >= 15 is 0 Å². The minimum absolute atomic E-state index is 0.0755. The highest BCUT2D eigenvalue weighted by atomic mass is 16.6. The van der Waals surface area contributed by atoms with Gasteiger partial charge in [0.15, 0.2) is 0 Å². The van der Waals surface area contributed by atoms with Crippen molar-refractivity contribution in [3.63, 3.8) is 0 Å². The molecule has 9 nitrogen and oxygen atoms in total. The second kappa shape index (κ2) is 21.1. The Hall–Kier alpha value is -4.14. The summed E-state index contributed by atoms with van der Waals surface area (Å²) < 4.78 is 12.1. The van der Waals surface area contributed by atoms with E-state index in [-0.39, 0.29) is 18.9 Å². The van der Waals surface area contributed by atoms with Crippen LogP contribution in [0.5, 0.6) is 0 Å². The van der Waals surface area contributed by atoms with Crippen molar-refractivity contribution in [2.75, 3.05) is 13.2 Å². The van der Waals surface area contributed by atoms with E-state index in [1.54, 1.807) is 0 Å². The summed E-state index contributed by atoms with van der Waals surface area (Å²) in [6.45, 7) is 2.66. The Morgan fingerprint density at radius 2 is 1.27 bits per heavy atom. The molecule has 0 bridgehead atoms. The van der Waals surface area contributed by atoms with Gasteiger partial charge in [0.1, 0.15) is 19.0 Å². The molecule has 1 atom stereocenters. The third-order valence-corrected chi connectivity index (χ3v) is 9.42. The highest BCUT2D eigenvalue weighted by molar-refractivity contribution is 5.81. The molecule has 3 aromatic rings. The van der Waals surface area contributed by atoms with E-state index in [2.05, 4.69) is 17.2 Å². The van der Waals surface area contributed by atoms with Crippen molar-refractivity contribution in [1.82, 2.24) is 14.9 Å². The fraction of sp³-hybridized carbons (Fsp3) is 0.550. The standard InChI is InChI=1S/C40H55N3O6/c1-2-3-4-5-6-7-8-9-10-11-12-13-14-15-16-21-26-48-40(47)43-28-31(41-30-43)27-37(38(44)45)42-39(46)49-29-36-34-24-19-17-22-32(34)33-23-18-20-25-35(33)36/h17-20,22-25,28,30,36-37H,2-16,21,26-27,29H2,1H3,(H,42,46)(H,44,45). The summed E-state index contributed by atoms with van der Waals surface area (Å²) in [4.78, 5) is 41.3. The molecule has 0 radical (unpaired) electrons. The molecular formula is C40H55N3O6. The number of fused-ring (bicyclic) bond motifs is 3. The van der Waals surface area contributed by atoms with E-state index in [1.807, 2.05) is 48.5 Å². The Bertz CT molecular complexity index is 1410. The van der Waals surface area contributed by atoms with E-state index < -0.39 is 24.2 Å². The van der Waals surface area contributed by atoms with E-state index in [1.165, 1.54) is 101 Å². The maximum absolute atomic E-state index is 12.7. The van der Waals surface area contributed by atoms with Gasteiger partial charge in [0.25, 0.3) is 0 Å². The van der Waals surface area contributed by atoms with Crippen molar-refractivity contribution in [2.45, 2.75) is 128 Å². The normalized spacial score (nSPS) is 12.7. The fourth-order valence-electron chi connectivity index (χ4n) is 6.64. The van der Waals surface area contributed by atoms with Crippen molar-refractivity contribution >= 4 is 18.2 Å². The number of imidazole rings is 1. The lowest BCUT2D eigenvalue weighted by Crippen LogP contribution is -2.43. The average Bonchev–Trinajstić information content (AvgIpc) is 3.71. The van der Waals surface area contributed by atoms with Crippen LogP contribution in [0.3, 0.4) is 0 Å². The topological polar surface area (TPSA) is 120 Å². The fourth-order valence-corrected chi connectivity index (χ4v) is 6.64. The maximum atomic E-state index is 12.7. The number of nitrogens with one attached hydrogen (secondary N) is 1. The molecule has 266 valence electrons. The van der Waals surface area contributed by atoms with Crippen LogP contribution in [-0.4, -0.2) is 52.1 Å². The third kappa shape index (κ3) is 12.4. The lowest BCUT2D eigenvalue weighted by atomic mass is 9.98. The summed E-state index contributed by atoms with van der Waals surface area (Å²) in [6.07, 6.45) is 21.7. The molecule has 2 aromatic carbocycles. The zero-order valence-corrected chi connectivity index (χ0v) is 29.2. The Morgan fingerprint density at radius 1 is 0.755 bits per heavy atom. The van der Waals surface area contributed by atoms with Gasteiger partial charge in [0.05, 0.1) is 12.3 Å². The smallest absolute Gasteiger partial charge is 0.419 e. The molecule has 1 heterocycles. The number of carbonyl (C=O) groups is 3. The first-order valence-corrected chi connectivity index (χ1v) is 18.5. The minimum Gasteiger partial charge on any atom is -0.480 e.